The highest BCUT2D eigenvalue weighted by Gasteiger charge is 2.48. The lowest BCUT2D eigenvalue weighted by molar-refractivity contribution is -0.138. The minimum Gasteiger partial charge on any atom is -0.207 e. The fourth-order valence-electron chi connectivity index (χ4n) is 1.78. The molecule has 1 aromatic rings. The molecule has 84 valence electrons. The van der Waals surface area contributed by atoms with Gasteiger partial charge in [0.1, 0.15) is 5.82 Å². The van der Waals surface area contributed by atoms with Gasteiger partial charge in [-0.25, -0.2) is 4.39 Å². The maximum atomic E-state index is 12.8. The molecule has 0 N–H and O–H groups in total. The van der Waals surface area contributed by atoms with Crippen molar-refractivity contribution >= 4 is 0 Å². The Morgan fingerprint density at radius 1 is 1.25 bits per heavy atom. The highest BCUT2D eigenvalue weighted by molar-refractivity contribution is 5.46. The molecule has 0 bridgehead atoms. The van der Waals surface area contributed by atoms with Crippen LogP contribution in [0.15, 0.2) is 18.2 Å². The van der Waals surface area contributed by atoms with Crippen molar-refractivity contribution in [2.75, 3.05) is 0 Å². The number of hydrogen-bond acceptors (Lipinski definition) is 0. The van der Waals surface area contributed by atoms with Gasteiger partial charge in [0.05, 0.1) is 11.0 Å². The zero-order valence-corrected chi connectivity index (χ0v) is 8.24. The largest absolute Gasteiger partial charge is 0.416 e. The Hall–Kier alpha value is -1.50. The fraction of sp³-hybridized carbons (Fsp3) is 0.333. The number of benzene rings is 1. The number of rotatable bonds is 1. The van der Waals surface area contributed by atoms with Crippen LogP contribution in [0.5, 0.6) is 0 Å². The summed E-state index contributed by atoms with van der Waals surface area (Å²) in [6.45, 7) is 0. The molecule has 1 fully saturated rings. The molecule has 1 saturated carbocycles. The smallest absolute Gasteiger partial charge is 0.207 e. The van der Waals surface area contributed by atoms with Gasteiger partial charge in [-0.1, -0.05) is 12.0 Å². The van der Waals surface area contributed by atoms with E-state index >= 15 is 0 Å². The summed E-state index contributed by atoms with van der Waals surface area (Å²) in [6.07, 6.45) is 1.73. The molecule has 0 unspecified atom stereocenters. The van der Waals surface area contributed by atoms with Gasteiger partial charge in [-0.2, -0.15) is 13.2 Å². The van der Waals surface area contributed by atoms with Gasteiger partial charge in [-0.3, -0.25) is 0 Å². The van der Waals surface area contributed by atoms with Crippen molar-refractivity contribution < 1.29 is 17.6 Å². The first-order valence-electron chi connectivity index (χ1n) is 4.74. The monoisotopic (exact) mass is 228 g/mol. The summed E-state index contributed by atoms with van der Waals surface area (Å²) in [6, 6.07) is 2.67. The van der Waals surface area contributed by atoms with Crippen LogP contribution in [0.1, 0.15) is 24.0 Å². The quantitative estimate of drug-likeness (QED) is 0.509. The Bertz CT molecular complexity index is 461. The van der Waals surface area contributed by atoms with Gasteiger partial charge in [0, 0.05) is 0 Å². The van der Waals surface area contributed by atoms with Crippen molar-refractivity contribution in [2.24, 2.45) is 0 Å². The summed E-state index contributed by atoms with van der Waals surface area (Å²) < 4.78 is 50.9. The second kappa shape index (κ2) is 3.24. The molecule has 0 radical (unpaired) electrons. The van der Waals surface area contributed by atoms with Crippen LogP contribution in [-0.4, -0.2) is 0 Å². The van der Waals surface area contributed by atoms with Crippen molar-refractivity contribution in [2.45, 2.75) is 24.4 Å². The Balaban J connectivity index is 2.59. The van der Waals surface area contributed by atoms with E-state index in [1.807, 2.05) is 0 Å². The molecule has 0 nitrogen and oxygen atoms in total. The zero-order chi connectivity index (χ0) is 12.0. The molecule has 0 amide bonds. The van der Waals surface area contributed by atoms with Crippen LogP contribution < -0.4 is 0 Å². The average molecular weight is 228 g/mol. The molecule has 16 heavy (non-hydrogen) atoms. The molecular formula is C12H8F4. The molecule has 0 atom stereocenters. The fourth-order valence-corrected chi connectivity index (χ4v) is 1.78. The first kappa shape index (κ1) is 11.0. The molecule has 1 aliphatic rings. The van der Waals surface area contributed by atoms with Crippen molar-refractivity contribution in [1.82, 2.24) is 0 Å². The van der Waals surface area contributed by atoms with E-state index in [2.05, 4.69) is 5.92 Å². The Kier molecular flexibility index (Phi) is 2.23. The van der Waals surface area contributed by atoms with Gasteiger partial charge < -0.3 is 0 Å². The van der Waals surface area contributed by atoms with Crippen LogP contribution in [0.25, 0.3) is 0 Å². The van der Waals surface area contributed by atoms with E-state index in [1.165, 1.54) is 0 Å². The van der Waals surface area contributed by atoms with Crippen molar-refractivity contribution in [3.05, 3.63) is 35.1 Å². The maximum absolute atomic E-state index is 12.8. The predicted octanol–water partition coefficient (Wildman–Crippen LogP) is 3.51. The first-order valence-corrected chi connectivity index (χ1v) is 4.74. The molecule has 0 saturated heterocycles. The first-order chi connectivity index (χ1) is 7.39. The lowest BCUT2D eigenvalue weighted by Gasteiger charge is -2.16. The molecule has 1 aliphatic carbocycles. The summed E-state index contributed by atoms with van der Waals surface area (Å²) in [7, 11) is 0. The predicted molar refractivity (Wildman–Crippen MR) is 51.1 cm³/mol. The van der Waals surface area contributed by atoms with E-state index < -0.39 is 23.0 Å². The second-order valence-electron chi connectivity index (χ2n) is 3.91. The standard InChI is InChI=1S/C12H8F4/c1-2-11(5-6-11)9-4-3-8(13)7-10(9)12(14,15)16/h1,3-4,7H,5-6H2. The molecular weight excluding hydrogens is 220 g/mol. The van der Waals surface area contributed by atoms with Crippen LogP contribution in [0.4, 0.5) is 17.6 Å². The highest BCUT2D eigenvalue weighted by Crippen LogP contribution is 2.51. The summed E-state index contributed by atoms with van der Waals surface area (Å²) in [5, 5.41) is 0. The lowest BCUT2D eigenvalue weighted by atomic mass is 9.91. The molecule has 0 aromatic heterocycles. The maximum Gasteiger partial charge on any atom is 0.416 e. The topological polar surface area (TPSA) is 0 Å². The SMILES string of the molecule is C#CC1(c2ccc(F)cc2C(F)(F)F)CC1. The molecule has 0 spiro atoms. The van der Waals surface area contributed by atoms with E-state index in [-0.39, 0.29) is 5.56 Å². The third kappa shape index (κ3) is 1.67. The van der Waals surface area contributed by atoms with Crippen molar-refractivity contribution in [3.8, 4) is 12.3 Å². The summed E-state index contributed by atoms with van der Waals surface area (Å²) >= 11 is 0. The Labute approximate surface area is 90.3 Å². The van der Waals surface area contributed by atoms with E-state index in [1.54, 1.807) is 0 Å². The number of halogens is 4. The summed E-state index contributed by atoms with van der Waals surface area (Å²) in [4.78, 5) is 0. The Morgan fingerprint density at radius 3 is 2.31 bits per heavy atom. The Morgan fingerprint density at radius 2 is 1.88 bits per heavy atom. The third-order valence-electron chi connectivity index (χ3n) is 2.83. The minimum atomic E-state index is -4.57. The van der Waals surface area contributed by atoms with Gasteiger partial charge in [0.25, 0.3) is 0 Å². The van der Waals surface area contributed by atoms with Crippen LogP contribution in [0, 0.1) is 18.2 Å². The van der Waals surface area contributed by atoms with Crippen molar-refractivity contribution in [1.29, 1.82) is 0 Å². The van der Waals surface area contributed by atoms with Crippen LogP contribution in [-0.2, 0) is 11.6 Å². The molecule has 1 aromatic carbocycles. The van der Waals surface area contributed by atoms with E-state index in [0.29, 0.717) is 18.9 Å². The average Bonchev–Trinajstić information content (AvgIpc) is 2.97. The van der Waals surface area contributed by atoms with Gasteiger partial charge in [0.2, 0.25) is 0 Å². The molecule has 0 aliphatic heterocycles. The normalized spacial score (nSPS) is 17.9. The van der Waals surface area contributed by atoms with Crippen molar-refractivity contribution in [3.63, 3.8) is 0 Å². The number of alkyl halides is 3. The number of hydrogen-bond donors (Lipinski definition) is 0. The van der Waals surface area contributed by atoms with Crippen LogP contribution in [0.2, 0.25) is 0 Å². The molecule has 4 heteroatoms. The van der Waals surface area contributed by atoms with E-state index in [0.717, 1.165) is 12.1 Å². The van der Waals surface area contributed by atoms with Gasteiger partial charge in [-0.05, 0) is 30.5 Å². The van der Waals surface area contributed by atoms with Crippen LogP contribution >= 0.6 is 0 Å². The third-order valence-corrected chi connectivity index (χ3v) is 2.83. The summed E-state index contributed by atoms with van der Waals surface area (Å²) in [5.41, 5.74) is -1.77. The number of terminal acetylenes is 1. The molecule has 0 heterocycles. The van der Waals surface area contributed by atoms with Gasteiger partial charge >= 0.3 is 6.18 Å². The highest BCUT2D eigenvalue weighted by atomic mass is 19.4. The lowest BCUT2D eigenvalue weighted by Crippen LogP contribution is -2.15. The second-order valence-corrected chi connectivity index (χ2v) is 3.91. The van der Waals surface area contributed by atoms with Crippen LogP contribution in [0.3, 0.4) is 0 Å². The van der Waals surface area contributed by atoms with E-state index in [4.69, 9.17) is 6.42 Å². The molecule has 2 rings (SSSR count). The van der Waals surface area contributed by atoms with E-state index in [9.17, 15) is 17.6 Å². The van der Waals surface area contributed by atoms with Gasteiger partial charge in [0.15, 0.2) is 0 Å². The van der Waals surface area contributed by atoms with Gasteiger partial charge in [-0.15, -0.1) is 6.42 Å². The minimum absolute atomic E-state index is 0.0175. The zero-order valence-electron chi connectivity index (χ0n) is 8.24. The summed E-state index contributed by atoms with van der Waals surface area (Å²) in [5.74, 6) is 1.48.